The normalized spacial score (nSPS) is 9.66. The number of rotatable bonds is 3. The third-order valence-corrected chi connectivity index (χ3v) is 3.96. The number of fused-ring (bicyclic) bond motifs is 2. The average molecular weight is 478 g/mol. The molecule has 0 aliphatic carbocycles. The van der Waals surface area contributed by atoms with Crippen molar-refractivity contribution < 1.29 is 44.7 Å². The fraction of sp³-hybridized carbons (Fsp3) is 0.150. The monoisotopic (exact) mass is 477 g/mol. The van der Waals surface area contributed by atoms with Crippen molar-refractivity contribution in [3.05, 3.63) is 66.8 Å². The van der Waals surface area contributed by atoms with Gasteiger partial charge in [-0.2, -0.15) is 0 Å². The molecule has 2 aromatic carbocycles. The first-order chi connectivity index (χ1) is 13.8. The summed E-state index contributed by atoms with van der Waals surface area (Å²) in [5.41, 5.74) is 0.868. The quantitative estimate of drug-likeness (QED) is 0.186. The van der Waals surface area contributed by atoms with E-state index >= 15 is 0 Å². The Morgan fingerprint density at radius 1 is 0.938 bits per heavy atom. The predicted molar refractivity (Wildman–Crippen MR) is 109 cm³/mol. The van der Waals surface area contributed by atoms with Gasteiger partial charge < -0.3 is 28.9 Å². The zero-order valence-electron chi connectivity index (χ0n) is 17.7. The van der Waals surface area contributed by atoms with Crippen molar-refractivity contribution in [3.8, 4) is 0 Å². The number of carbonyl (C=O) groups is 2. The number of benzene rings is 2. The molecule has 0 unspecified atom stereocenters. The fourth-order valence-electron chi connectivity index (χ4n) is 2.46. The summed E-state index contributed by atoms with van der Waals surface area (Å²) in [5, 5.41) is 9.16. The average Bonchev–Trinajstić information content (AvgIpc) is 3.30. The van der Waals surface area contributed by atoms with E-state index in [0.29, 0.717) is 16.4 Å². The minimum absolute atomic E-state index is 0. The summed E-state index contributed by atoms with van der Waals surface area (Å²) >= 11 is 0. The number of nitrogens with zero attached hydrogens (tertiary/aromatic N) is 3. The van der Waals surface area contributed by atoms with Crippen LogP contribution in [0.25, 0.3) is 21.9 Å². The van der Waals surface area contributed by atoms with Gasteiger partial charge >= 0.3 is 23.1 Å². The second-order valence-electron chi connectivity index (χ2n) is 5.88. The van der Waals surface area contributed by atoms with E-state index in [1.807, 2.05) is 0 Å². The molecule has 0 N–H and O–H groups in total. The molecule has 32 heavy (non-hydrogen) atoms. The summed E-state index contributed by atoms with van der Waals surface area (Å²) < 4.78 is 35.2. The summed E-state index contributed by atoms with van der Waals surface area (Å²) in [4.78, 5) is 27.4. The molecular weight excluding hydrogens is 460 g/mol. The van der Waals surface area contributed by atoms with Gasteiger partial charge in [-0.05, 0) is 24.3 Å². The van der Waals surface area contributed by atoms with Crippen LogP contribution in [0, 0.1) is 19.1 Å². The Morgan fingerprint density at radius 3 is 1.81 bits per heavy atom. The molecule has 12 heteroatoms. The standard InChI is InChI=1S/C10H9FN2O3.C9H6FNO2.CH3.ClH.Mg/c1-13(15-2)10(14)9-7-4-3-6(11)5-8(7)16-12-9;1-5(12)9-7-3-2-6(10)4-8(7)13-11-9;;;/h3-5H,1-2H3;2-4H,1H3;1H3;1H;/q;;-1;;+2/p-1. The van der Waals surface area contributed by atoms with Crippen molar-refractivity contribution in [3.63, 3.8) is 0 Å². The molecule has 0 radical (unpaired) electrons. The maximum absolute atomic E-state index is 12.9. The van der Waals surface area contributed by atoms with E-state index in [1.165, 1.54) is 57.5 Å². The summed E-state index contributed by atoms with van der Waals surface area (Å²) in [6.07, 6.45) is 0. The van der Waals surface area contributed by atoms with Crippen molar-refractivity contribution in [1.82, 2.24) is 15.4 Å². The van der Waals surface area contributed by atoms with Crippen LogP contribution in [0.15, 0.2) is 45.4 Å². The molecule has 2 heterocycles. The molecular formula is C20H18ClF2MgN3O5. The van der Waals surface area contributed by atoms with Crippen molar-refractivity contribution >= 4 is 56.7 Å². The number of aromatic nitrogens is 2. The molecule has 0 spiro atoms. The number of hydroxylamine groups is 2. The van der Waals surface area contributed by atoms with Crippen molar-refractivity contribution in [2.45, 2.75) is 6.92 Å². The molecule has 0 bridgehead atoms. The first-order valence-electron chi connectivity index (χ1n) is 8.24. The van der Waals surface area contributed by atoms with Crippen LogP contribution in [0.4, 0.5) is 8.78 Å². The van der Waals surface area contributed by atoms with Crippen LogP contribution in [0.1, 0.15) is 27.9 Å². The van der Waals surface area contributed by atoms with Gasteiger partial charge in [0.1, 0.15) is 11.6 Å². The number of amides is 1. The SMILES string of the molecule is CC(=O)c1noc2cc(F)ccc12.CON(C)C(=O)c1noc2cc(F)ccc12.[CH3-].[Cl-].[Mg+2]. The summed E-state index contributed by atoms with van der Waals surface area (Å²) in [7, 11) is 2.81. The van der Waals surface area contributed by atoms with Crippen LogP contribution < -0.4 is 12.4 Å². The molecule has 0 fully saturated rings. The first kappa shape index (κ1) is 29.4. The van der Waals surface area contributed by atoms with Crippen LogP contribution in [-0.4, -0.2) is 64.3 Å². The van der Waals surface area contributed by atoms with Crippen LogP contribution >= 0.6 is 0 Å². The van der Waals surface area contributed by atoms with E-state index in [-0.39, 0.29) is 65.6 Å². The fourth-order valence-corrected chi connectivity index (χ4v) is 2.46. The Bertz CT molecular complexity index is 1210. The predicted octanol–water partition coefficient (Wildman–Crippen LogP) is 0.843. The maximum Gasteiger partial charge on any atom is 2.00 e. The molecule has 2 aromatic heterocycles. The second kappa shape index (κ2) is 12.4. The number of halogens is 3. The zero-order chi connectivity index (χ0) is 21.1. The molecule has 4 rings (SSSR count). The van der Waals surface area contributed by atoms with E-state index in [9.17, 15) is 18.4 Å². The van der Waals surface area contributed by atoms with Crippen molar-refractivity contribution in [2.24, 2.45) is 0 Å². The van der Waals surface area contributed by atoms with Gasteiger partial charge in [0, 0.05) is 26.1 Å². The van der Waals surface area contributed by atoms with Crippen molar-refractivity contribution in [1.29, 1.82) is 0 Å². The van der Waals surface area contributed by atoms with Gasteiger partial charge in [-0.15, -0.1) is 0 Å². The van der Waals surface area contributed by atoms with E-state index in [1.54, 1.807) is 0 Å². The molecule has 0 aliphatic rings. The first-order valence-corrected chi connectivity index (χ1v) is 8.24. The van der Waals surface area contributed by atoms with E-state index in [4.69, 9.17) is 13.9 Å². The molecule has 0 aliphatic heterocycles. The third-order valence-electron chi connectivity index (χ3n) is 3.96. The number of hydrogen-bond acceptors (Lipinski definition) is 7. The second-order valence-corrected chi connectivity index (χ2v) is 5.88. The number of hydrogen-bond donors (Lipinski definition) is 0. The molecule has 0 saturated heterocycles. The van der Waals surface area contributed by atoms with Crippen LogP contribution in [-0.2, 0) is 4.84 Å². The van der Waals surface area contributed by atoms with Crippen LogP contribution in [0.5, 0.6) is 0 Å². The molecule has 8 nitrogen and oxygen atoms in total. The molecule has 0 saturated carbocycles. The Hall–Kier alpha value is -2.60. The smallest absolute Gasteiger partial charge is 1.00 e. The largest absolute Gasteiger partial charge is 2.00 e. The Balaban J connectivity index is 0.000000558. The van der Waals surface area contributed by atoms with Gasteiger partial charge in [0.05, 0.1) is 17.9 Å². The van der Waals surface area contributed by atoms with E-state index in [0.717, 1.165) is 5.06 Å². The Labute approximate surface area is 204 Å². The number of carbonyl (C=O) groups excluding carboxylic acids is 2. The van der Waals surface area contributed by atoms with E-state index < -0.39 is 17.5 Å². The van der Waals surface area contributed by atoms with Gasteiger partial charge in [0.25, 0.3) is 5.91 Å². The molecule has 0 atom stereocenters. The molecule has 4 aromatic rings. The summed E-state index contributed by atoms with van der Waals surface area (Å²) in [6, 6.07) is 7.81. The number of Topliss-reactive ketones (excluding diaryl/α,β-unsaturated/α-hetero) is 1. The number of ketones is 1. The zero-order valence-corrected chi connectivity index (χ0v) is 19.9. The van der Waals surface area contributed by atoms with Gasteiger partial charge in [-0.1, -0.05) is 10.3 Å². The van der Waals surface area contributed by atoms with Gasteiger partial charge in [0.15, 0.2) is 28.3 Å². The Kier molecular flexibility index (Phi) is 11.4. The van der Waals surface area contributed by atoms with Crippen LogP contribution in [0.2, 0.25) is 0 Å². The topological polar surface area (TPSA) is 98.7 Å². The molecule has 166 valence electrons. The van der Waals surface area contributed by atoms with Crippen molar-refractivity contribution in [2.75, 3.05) is 14.2 Å². The molecule has 1 amide bonds. The maximum atomic E-state index is 12.9. The van der Waals surface area contributed by atoms with Crippen LogP contribution in [0.3, 0.4) is 0 Å². The van der Waals surface area contributed by atoms with Gasteiger partial charge in [-0.25, -0.2) is 13.8 Å². The van der Waals surface area contributed by atoms with Gasteiger partial charge in [-0.3, -0.25) is 14.4 Å². The van der Waals surface area contributed by atoms with E-state index in [2.05, 4.69) is 10.3 Å². The third kappa shape index (κ3) is 6.22. The summed E-state index contributed by atoms with van der Waals surface area (Å²) in [6.45, 7) is 1.39. The summed E-state index contributed by atoms with van der Waals surface area (Å²) in [5.74, 6) is -1.49. The van der Waals surface area contributed by atoms with Gasteiger partial charge in [0.2, 0.25) is 0 Å². The minimum atomic E-state index is -0.451. The Morgan fingerprint density at radius 2 is 1.38 bits per heavy atom. The minimum Gasteiger partial charge on any atom is -1.00 e.